The third-order valence-electron chi connectivity index (χ3n) is 4.92. The van der Waals surface area contributed by atoms with Gasteiger partial charge in [0.15, 0.2) is 16.6 Å². The first-order valence-corrected chi connectivity index (χ1v) is 11.4. The number of rotatable bonds is 8. The number of nitrogens with zero attached hydrogens (tertiary/aromatic N) is 3. The lowest BCUT2D eigenvalue weighted by Crippen LogP contribution is -2.30. The van der Waals surface area contributed by atoms with Crippen LogP contribution in [0.2, 0.25) is 0 Å². The summed E-state index contributed by atoms with van der Waals surface area (Å²) in [5.41, 5.74) is 3.28. The Balaban J connectivity index is 1.76. The average molecular weight is 448 g/mol. The zero-order valence-corrected chi connectivity index (χ0v) is 19.2. The van der Waals surface area contributed by atoms with E-state index >= 15 is 0 Å². The minimum Gasteiger partial charge on any atom is -0.490 e. The molecule has 6 nitrogen and oxygen atoms in total. The van der Waals surface area contributed by atoms with Gasteiger partial charge in [-0.2, -0.15) is 0 Å². The summed E-state index contributed by atoms with van der Waals surface area (Å²) in [5.74, 6) is 1.01. The Bertz CT molecular complexity index is 1220. The monoisotopic (exact) mass is 447 g/mol. The molecule has 0 aliphatic carbocycles. The van der Waals surface area contributed by atoms with Crippen LogP contribution >= 0.6 is 11.3 Å². The Labute approximate surface area is 191 Å². The molecular formula is C25H25N3O3S. The van der Waals surface area contributed by atoms with Crippen molar-refractivity contribution in [1.82, 2.24) is 9.97 Å². The van der Waals surface area contributed by atoms with Gasteiger partial charge < -0.3 is 9.47 Å². The quantitative estimate of drug-likeness (QED) is 0.349. The Morgan fingerprint density at radius 3 is 2.53 bits per heavy atom. The molecule has 0 aliphatic heterocycles. The highest BCUT2D eigenvalue weighted by molar-refractivity contribution is 7.22. The zero-order valence-electron chi connectivity index (χ0n) is 18.4. The smallest absolute Gasteiger partial charge is 0.260 e. The van der Waals surface area contributed by atoms with Gasteiger partial charge in [0.25, 0.3) is 5.91 Å². The van der Waals surface area contributed by atoms with Crippen molar-refractivity contribution in [2.45, 2.75) is 27.3 Å². The first-order valence-electron chi connectivity index (χ1n) is 10.6. The number of amides is 1. The van der Waals surface area contributed by atoms with Crippen molar-refractivity contribution in [2.75, 3.05) is 18.1 Å². The van der Waals surface area contributed by atoms with Crippen LogP contribution in [0.15, 0.2) is 60.8 Å². The first kappa shape index (κ1) is 21.8. The van der Waals surface area contributed by atoms with E-state index in [2.05, 4.69) is 4.98 Å². The van der Waals surface area contributed by atoms with E-state index in [4.69, 9.17) is 14.5 Å². The zero-order chi connectivity index (χ0) is 22.5. The summed E-state index contributed by atoms with van der Waals surface area (Å²) in [6.45, 7) is 7.16. The molecule has 2 aromatic carbocycles. The molecule has 2 aromatic heterocycles. The molecule has 4 aromatic rings. The summed E-state index contributed by atoms with van der Waals surface area (Å²) >= 11 is 1.50. The van der Waals surface area contributed by atoms with Crippen molar-refractivity contribution >= 4 is 32.6 Å². The SMILES string of the molecule is CCOc1ccc(C(=O)N(Cc2ccccn2)c2nc3c(C)cccc3s2)cc1OCC. The highest BCUT2D eigenvalue weighted by Gasteiger charge is 2.24. The number of anilines is 1. The second kappa shape index (κ2) is 9.78. The number of ether oxygens (including phenoxy) is 2. The van der Waals surface area contributed by atoms with E-state index in [9.17, 15) is 4.79 Å². The lowest BCUT2D eigenvalue weighted by molar-refractivity contribution is 0.0984. The number of pyridine rings is 1. The lowest BCUT2D eigenvalue weighted by Gasteiger charge is -2.20. The van der Waals surface area contributed by atoms with Gasteiger partial charge in [-0.15, -0.1) is 0 Å². The fraction of sp³-hybridized carbons (Fsp3) is 0.240. The van der Waals surface area contributed by atoms with E-state index in [1.54, 1.807) is 29.3 Å². The molecule has 0 saturated carbocycles. The van der Waals surface area contributed by atoms with Gasteiger partial charge in [-0.1, -0.05) is 29.5 Å². The summed E-state index contributed by atoms with van der Waals surface area (Å²) < 4.78 is 12.4. The number of aromatic nitrogens is 2. The van der Waals surface area contributed by atoms with Crippen LogP contribution in [0.1, 0.15) is 35.5 Å². The third-order valence-corrected chi connectivity index (χ3v) is 5.97. The van der Waals surface area contributed by atoms with Crippen LogP contribution in [0.4, 0.5) is 5.13 Å². The van der Waals surface area contributed by atoms with Crippen molar-refractivity contribution in [3.8, 4) is 11.5 Å². The van der Waals surface area contributed by atoms with Crippen molar-refractivity contribution in [2.24, 2.45) is 0 Å². The molecule has 0 radical (unpaired) electrons. The van der Waals surface area contributed by atoms with Crippen LogP contribution in [-0.4, -0.2) is 29.1 Å². The molecule has 0 bridgehead atoms. The molecule has 0 spiro atoms. The topological polar surface area (TPSA) is 64.5 Å². The molecule has 2 heterocycles. The highest BCUT2D eigenvalue weighted by atomic mass is 32.1. The van der Waals surface area contributed by atoms with Crippen LogP contribution in [-0.2, 0) is 6.54 Å². The van der Waals surface area contributed by atoms with Gasteiger partial charge in [-0.05, 0) is 62.7 Å². The second-order valence-corrected chi connectivity index (χ2v) is 8.17. The number of benzene rings is 2. The number of thiazole rings is 1. The molecule has 0 aliphatic rings. The normalized spacial score (nSPS) is 10.8. The Kier molecular flexibility index (Phi) is 6.66. The van der Waals surface area contributed by atoms with Crippen molar-refractivity contribution in [1.29, 1.82) is 0 Å². The van der Waals surface area contributed by atoms with Crippen LogP contribution in [0, 0.1) is 6.92 Å². The van der Waals surface area contributed by atoms with Crippen molar-refractivity contribution in [3.63, 3.8) is 0 Å². The minimum atomic E-state index is -0.170. The summed E-state index contributed by atoms with van der Waals surface area (Å²) in [6, 6.07) is 17.0. The molecule has 0 N–H and O–H groups in total. The predicted molar refractivity (Wildman–Crippen MR) is 128 cm³/mol. The maximum absolute atomic E-state index is 13.7. The molecule has 0 unspecified atom stereocenters. The van der Waals surface area contributed by atoms with Gasteiger partial charge >= 0.3 is 0 Å². The van der Waals surface area contributed by atoms with Gasteiger partial charge in [0, 0.05) is 11.8 Å². The number of carbonyl (C=O) groups is 1. The lowest BCUT2D eigenvalue weighted by atomic mass is 10.1. The molecule has 32 heavy (non-hydrogen) atoms. The molecule has 0 atom stereocenters. The van der Waals surface area contributed by atoms with Gasteiger partial charge in [0.2, 0.25) is 0 Å². The standard InChI is InChI=1S/C25H25N3O3S/c1-4-30-20-13-12-18(15-21(20)31-5-2)24(29)28(16-19-10-6-7-14-26-19)25-27-23-17(3)9-8-11-22(23)32-25/h6-15H,4-5,16H2,1-3H3. The van der Waals surface area contributed by atoms with Gasteiger partial charge in [-0.25, -0.2) is 4.98 Å². The Hall–Kier alpha value is -3.45. The van der Waals surface area contributed by atoms with Crippen molar-refractivity contribution < 1.29 is 14.3 Å². The average Bonchev–Trinajstić information content (AvgIpc) is 3.25. The summed E-state index contributed by atoms with van der Waals surface area (Å²) in [4.78, 5) is 24.6. The fourth-order valence-corrected chi connectivity index (χ4v) is 4.45. The van der Waals surface area contributed by atoms with Crippen LogP contribution < -0.4 is 14.4 Å². The number of aryl methyl sites for hydroxylation is 1. The fourth-order valence-electron chi connectivity index (χ4n) is 3.41. The first-order chi connectivity index (χ1) is 15.6. The molecule has 164 valence electrons. The maximum Gasteiger partial charge on any atom is 0.260 e. The van der Waals surface area contributed by atoms with Crippen LogP contribution in [0.25, 0.3) is 10.2 Å². The van der Waals surface area contributed by atoms with E-state index in [-0.39, 0.29) is 5.91 Å². The van der Waals surface area contributed by atoms with Gasteiger partial charge in [-0.3, -0.25) is 14.7 Å². The minimum absolute atomic E-state index is 0.170. The van der Waals surface area contributed by atoms with E-state index in [1.165, 1.54) is 11.3 Å². The maximum atomic E-state index is 13.7. The largest absolute Gasteiger partial charge is 0.490 e. The molecule has 7 heteroatoms. The number of carbonyl (C=O) groups excluding carboxylic acids is 1. The third kappa shape index (κ3) is 4.57. The summed E-state index contributed by atoms with van der Waals surface area (Å²) in [7, 11) is 0. The Morgan fingerprint density at radius 1 is 1.00 bits per heavy atom. The molecule has 0 saturated heterocycles. The van der Waals surface area contributed by atoms with Crippen LogP contribution in [0.5, 0.6) is 11.5 Å². The van der Waals surface area contributed by atoms with E-state index in [0.717, 1.165) is 21.5 Å². The van der Waals surface area contributed by atoms with Gasteiger partial charge in [0.1, 0.15) is 0 Å². The van der Waals surface area contributed by atoms with E-state index in [1.807, 2.05) is 57.2 Å². The molecule has 0 fully saturated rings. The molecular weight excluding hydrogens is 422 g/mol. The molecule has 4 rings (SSSR count). The number of fused-ring (bicyclic) bond motifs is 1. The number of hydrogen-bond donors (Lipinski definition) is 0. The number of hydrogen-bond acceptors (Lipinski definition) is 6. The summed E-state index contributed by atoms with van der Waals surface area (Å²) in [6.07, 6.45) is 1.73. The predicted octanol–water partition coefficient (Wildman–Crippen LogP) is 5.64. The van der Waals surface area contributed by atoms with E-state index < -0.39 is 0 Å². The molecule has 1 amide bonds. The number of para-hydroxylation sites is 1. The highest BCUT2D eigenvalue weighted by Crippen LogP contribution is 2.34. The van der Waals surface area contributed by atoms with E-state index in [0.29, 0.717) is 42.0 Å². The summed E-state index contributed by atoms with van der Waals surface area (Å²) in [5, 5.41) is 0.636. The van der Waals surface area contributed by atoms with Crippen molar-refractivity contribution in [3.05, 3.63) is 77.6 Å². The van der Waals surface area contributed by atoms with Gasteiger partial charge in [0.05, 0.1) is 35.7 Å². The second-order valence-electron chi connectivity index (χ2n) is 7.16. The Morgan fingerprint density at radius 2 is 1.81 bits per heavy atom. The van der Waals surface area contributed by atoms with Crippen LogP contribution in [0.3, 0.4) is 0 Å².